The minimum absolute atomic E-state index is 0.988. The van der Waals surface area contributed by atoms with Crippen molar-refractivity contribution in [3.05, 3.63) is 11.6 Å². The molecule has 0 aromatic rings. The minimum atomic E-state index is 0.988. The summed E-state index contributed by atoms with van der Waals surface area (Å²) >= 11 is 0. The van der Waals surface area contributed by atoms with Crippen molar-refractivity contribution in [2.24, 2.45) is 0 Å². The number of rotatable bonds is 3. The van der Waals surface area contributed by atoms with Crippen molar-refractivity contribution >= 4 is 0 Å². The van der Waals surface area contributed by atoms with Crippen LogP contribution in [-0.4, -0.2) is 24.6 Å². The lowest BCUT2D eigenvalue weighted by molar-refractivity contribution is 0.162. The SMILES string of the molecule is CC(C)=CCNN1CCCCC1. The molecule has 1 rings (SSSR count). The predicted octanol–water partition coefficient (Wildman–Crippen LogP) is 1.94. The smallest absolute Gasteiger partial charge is 0.0285 e. The maximum Gasteiger partial charge on any atom is 0.0285 e. The number of nitrogens with zero attached hydrogens (tertiary/aromatic N) is 1. The van der Waals surface area contributed by atoms with E-state index in [2.05, 4.69) is 30.4 Å². The normalized spacial score (nSPS) is 19.2. The number of hydrogen-bond donors (Lipinski definition) is 1. The molecule has 0 bridgehead atoms. The zero-order valence-corrected chi connectivity index (χ0v) is 8.27. The second kappa shape index (κ2) is 5.33. The van der Waals surface area contributed by atoms with Crippen molar-refractivity contribution in [3.63, 3.8) is 0 Å². The molecule has 0 radical (unpaired) electrons. The first-order chi connectivity index (χ1) is 5.79. The molecule has 2 nitrogen and oxygen atoms in total. The molecule has 1 aliphatic heterocycles. The molecule has 0 unspecified atom stereocenters. The zero-order chi connectivity index (χ0) is 8.81. The van der Waals surface area contributed by atoms with Gasteiger partial charge < -0.3 is 0 Å². The molecule has 2 heteroatoms. The van der Waals surface area contributed by atoms with Crippen LogP contribution in [0.2, 0.25) is 0 Å². The van der Waals surface area contributed by atoms with Crippen LogP contribution in [0.4, 0.5) is 0 Å². The van der Waals surface area contributed by atoms with Gasteiger partial charge in [-0.1, -0.05) is 18.1 Å². The Morgan fingerprint density at radius 3 is 2.50 bits per heavy atom. The minimum Gasteiger partial charge on any atom is -0.251 e. The van der Waals surface area contributed by atoms with Crippen LogP contribution in [0.15, 0.2) is 11.6 Å². The molecule has 0 spiro atoms. The summed E-state index contributed by atoms with van der Waals surface area (Å²) in [5.41, 5.74) is 4.80. The van der Waals surface area contributed by atoms with E-state index in [4.69, 9.17) is 0 Å². The molecule has 0 aromatic carbocycles. The van der Waals surface area contributed by atoms with Crippen LogP contribution in [0, 0.1) is 0 Å². The maximum absolute atomic E-state index is 3.41. The third-order valence-corrected chi connectivity index (χ3v) is 2.18. The van der Waals surface area contributed by atoms with Crippen molar-refractivity contribution in [2.45, 2.75) is 33.1 Å². The quantitative estimate of drug-likeness (QED) is 0.648. The first-order valence-electron chi connectivity index (χ1n) is 4.91. The average molecular weight is 168 g/mol. The molecule has 12 heavy (non-hydrogen) atoms. The van der Waals surface area contributed by atoms with E-state index in [0.717, 1.165) is 6.54 Å². The standard InChI is InChI=1S/C10H20N2/c1-10(2)6-7-11-12-8-4-3-5-9-12/h6,11H,3-5,7-9H2,1-2H3. The van der Waals surface area contributed by atoms with Crippen LogP contribution in [0.1, 0.15) is 33.1 Å². The van der Waals surface area contributed by atoms with Crippen LogP contribution in [0.3, 0.4) is 0 Å². The lowest BCUT2D eigenvalue weighted by Gasteiger charge is -2.26. The van der Waals surface area contributed by atoms with Gasteiger partial charge in [0.25, 0.3) is 0 Å². The molecular formula is C10H20N2. The van der Waals surface area contributed by atoms with E-state index in [1.54, 1.807) is 0 Å². The van der Waals surface area contributed by atoms with Gasteiger partial charge in [-0.15, -0.1) is 0 Å². The fraction of sp³-hybridized carbons (Fsp3) is 0.800. The Kier molecular flexibility index (Phi) is 4.33. The van der Waals surface area contributed by atoms with Gasteiger partial charge in [0.2, 0.25) is 0 Å². The van der Waals surface area contributed by atoms with E-state index in [-0.39, 0.29) is 0 Å². The summed E-state index contributed by atoms with van der Waals surface area (Å²) in [6, 6.07) is 0. The molecule has 1 heterocycles. The highest BCUT2D eigenvalue weighted by Gasteiger charge is 2.07. The van der Waals surface area contributed by atoms with E-state index < -0.39 is 0 Å². The second-order valence-corrected chi connectivity index (χ2v) is 3.69. The Hall–Kier alpha value is -0.340. The van der Waals surface area contributed by atoms with Gasteiger partial charge in [0.1, 0.15) is 0 Å². The van der Waals surface area contributed by atoms with Crippen LogP contribution in [-0.2, 0) is 0 Å². The highest BCUT2D eigenvalue weighted by Crippen LogP contribution is 2.05. The van der Waals surface area contributed by atoms with Crippen LogP contribution in [0.25, 0.3) is 0 Å². The fourth-order valence-corrected chi connectivity index (χ4v) is 1.43. The van der Waals surface area contributed by atoms with Gasteiger partial charge in [-0.05, 0) is 26.7 Å². The van der Waals surface area contributed by atoms with Crippen molar-refractivity contribution in [3.8, 4) is 0 Å². The maximum atomic E-state index is 3.41. The van der Waals surface area contributed by atoms with Crippen LogP contribution < -0.4 is 5.43 Å². The summed E-state index contributed by atoms with van der Waals surface area (Å²) in [5, 5.41) is 2.34. The summed E-state index contributed by atoms with van der Waals surface area (Å²) in [7, 11) is 0. The second-order valence-electron chi connectivity index (χ2n) is 3.69. The van der Waals surface area contributed by atoms with Crippen LogP contribution >= 0.6 is 0 Å². The molecule has 1 aliphatic rings. The molecule has 0 atom stereocenters. The Balaban J connectivity index is 2.09. The van der Waals surface area contributed by atoms with E-state index in [1.165, 1.54) is 37.9 Å². The largest absolute Gasteiger partial charge is 0.251 e. The van der Waals surface area contributed by atoms with E-state index in [9.17, 15) is 0 Å². The summed E-state index contributed by atoms with van der Waals surface area (Å²) < 4.78 is 0. The molecule has 0 aromatic heterocycles. The van der Waals surface area contributed by atoms with Gasteiger partial charge in [0.05, 0.1) is 0 Å². The summed E-state index contributed by atoms with van der Waals surface area (Å²) in [5.74, 6) is 0. The lowest BCUT2D eigenvalue weighted by atomic mass is 10.2. The van der Waals surface area contributed by atoms with Crippen molar-refractivity contribution in [2.75, 3.05) is 19.6 Å². The number of piperidine rings is 1. The van der Waals surface area contributed by atoms with E-state index in [0.29, 0.717) is 0 Å². The monoisotopic (exact) mass is 168 g/mol. The first-order valence-corrected chi connectivity index (χ1v) is 4.91. The summed E-state index contributed by atoms with van der Waals surface area (Å²) in [6.07, 6.45) is 6.33. The summed E-state index contributed by atoms with van der Waals surface area (Å²) in [4.78, 5) is 0. The predicted molar refractivity (Wildman–Crippen MR) is 52.9 cm³/mol. The first kappa shape index (κ1) is 9.75. The topological polar surface area (TPSA) is 15.3 Å². The molecule has 0 amide bonds. The Morgan fingerprint density at radius 2 is 1.92 bits per heavy atom. The zero-order valence-electron chi connectivity index (χ0n) is 8.27. The van der Waals surface area contributed by atoms with Crippen molar-refractivity contribution < 1.29 is 0 Å². The summed E-state index contributed by atoms with van der Waals surface area (Å²) in [6.45, 7) is 7.70. The highest BCUT2D eigenvalue weighted by atomic mass is 15.5. The van der Waals surface area contributed by atoms with Crippen LogP contribution in [0.5, 0.6) is 0 Å². The highest BCUT2D eigenvalue weighted by molar-refractivity contribution is 4.94. The van der Waals surface area contributed by atoms with Gasteiger partial charge in [-0.25, -0.2) is 5.01 Å². The molecule has 70 valence electrons. The van der Waals surface area contributed by atoms with E-state index in [1.807, 2.05) is 0 Å². The Bertz CT molecular complexity index is 142. The molecular weight excluding hydrogens is 148 g/mol. The molecule has 0 aliphatic carbocycles. The lowest BCUT2D eigenvalue weighted by Crippen LogP contribution is -2.41. The number of allylic oxidation sites excluding steroid dienone is 1. The molecule has 0 saturated carbocycles. The number of nitrogens with one attached hydrogen (secondary N) is 1. The number of hydrogen-bond acceptors (Lipinski definition) is 2. The van der Waals surface area contributed by atoms with Crippen molar-refractivity contribution in [1.82, 2.24) is 10.4 Å². The van der Waals surface area contributed by atoms with Gasteiger partial charge >= 0.3 is 0 Å². The Labute approximate surface area is 75.6 Å². The van der Waals surface area contributed by atoms with Gasteiger partial charge in [-0.2, -0.15) is 0 Å². The van der Waals surface area contributed by atoms with Gasteiger partial charge in [0, 0.05) is 19.6 Å². The fourth-order valence-electron chi connectivity index (χ4n) is 1.43. The number of hydrazine groups is 1. The van der Waals surface area contributed by atoms with Crippen molar-refractivity contribution in [1.29, 1.82) is 0 Å². The molecule has 1 saturated heterocycles. The van der Waals surface area contributed by atoms with Gasteiger partial charge in [0.15, 0.2) is 0 Å². The Morgan fingerprint density at radius 1 is 1.25 bits per heavy atom. The molecule has 1 N–H and O–H groups in total. The average Bonchev–Trinajstić information content (AvgIpc) is 2.05. The molecule has 1 fully saturated rings. The van der Waals surface area contributed by atoms with E-state index >= 15 is 0 Å². The van der Waals surface area contributed by atoms with Gasteiger partial charge in [-0.3, -0.25) is 5.43 Å². The third kappa shape index (κ3) is 3.88. The third-order valence-electron chi connectivity index (χ3n) is 2.18.